The van der Waals surface area contributed by atoms with Crippen molar-refractivity contribution in [2.75, 3.05) is 13.7 Å². The van der Waals surface area contributed by atoms with Crippen LogP contribution in [0.15, 0.2) is 24.3 Å². The predicted molar refractivity (Wildman–Crippen MR) is 86.0 cm³/mol. The Morgan fingerprint density at radius 2 is 2.05 bits per heavy atom. The quantitative estimate of drug-likeness (QED) is 0.779. The summed E-state index contributed by atoms with van der Waals surface area (Å²) in [5.41, 5.74) is 0.814. The Morgan fingerprint density at radius 1 is 1.36 bits per heavy atom. The van der Waals surface area contributed by atoms with Crippen LogP contribution in [-0.2, 0) is 4.74 Å². The minimum absolute atomic E-state index is 0.0170. The topological polar surface area (TPSA) is 70.6 Å². The van der Waals surface area contributed by atoms with Crippen molar-refractivity contribution in [3.63, 3.8) is 0 Å². The molecule has 0 bridgehead atoms. The number of halogens is 1. The first-order valence-corrected chi connectivity index (χ1v) is 7.98. The monoisotopic (exact) mass is 326 g/mol. The molecular formula is C16H23ClN2O3. The Kier molecular flexibility index (Phi) is 6.49. The second kappa shape index (κ2) is 8.36. The van der Waals surface area contributed by atoms with E-state index in [4.69, 9.17) is 16.3 Å². The van der Waals surface area contributed by atoms with Gasteiger partial charge in [-0.15, -0.1) is 0 Å². The Balaban J connectivity index is 1.92. The minimum atomic E-state index is -0.457. The maximum Gasteiger partial charge on any atom is 0.315 e. The van der Waals surface area contributed by atoms with E-state index in [-0.39, 0.29) is 24.8 Å². The number of nitrogens with one attached hydrogen (secondary N) is 2. The van der Waals surface area contributed by atoms with Gasteiger partial charge in [-0.2, -0.15) is 0 Å². The summed E-state index contributed by atoms with van der Waals surface area (Å²) in [6, 6.07) is 6.33. The minimum Gasteiger partial charge on any atom is -0.394 e. The predicted octanol–water partition coefficient (Wildman–Crippen LogP) is 2.63. The van der Waals surface area contributed by atoms with Crippen LogP contribution in [0.5, 0.6) is 0 Å². The molecular weight excluding hydrogens is 304 g/mol. The first-order chi connectivity index (χ1) is 10.6. The van der Waals surface area contributed by atoms with E-state index in [0.29, 0.717) is 5.02 Å². The standard InChI is InChI=1S/C16H23ClN2O3/c1-22-15-5-3-2-4-13(15)18-16(21)19-14(10-20)11-6-8-12(17)9-7-11/h6-9,13-15,20H,2-5,10H2,1H3,(H2,18,19,21). The molecule has 5 nitrogen and oxygen atoms in total. The van der Waals surface area contributed by atoms with Crippen molar-refractivity contribution in [3.8, 4) is 0 Å². The van der Waals surface area contributed by atoms with Crippen molar-refractivity contribution in [2.24, 2.45) is 0 Å². The number of rotatable bonds is 5. The summed E-state index contributed by atoms with van der Waals surface area (Å²) in [7, 11) is 1.67. The third-order valence-electron chi connectivity index (χ3n) is 4.08. The number of aliphatic hydroxyl groups excluding tert-OH is 1. The lowest BCUT2D eigenvalue weighted by molar-refractivity contribution is 0.0449. The van der Waals surface area contributed by atoms with Gasteiger partial charge in [-0.25, -0.2) is 4.79 Å². The fraction of sp³-hybridized carbons (Fsp3) is 0.562. The lowest BCUT2D eigenvalue weighted by Crippen LogP contribution is -2.50. The van der Waals surface area contributed by atoms with Crippen LogP contribution in [0.1, 0.15) is 37.3 Å². The molecule has 2 amide bonds. The van der Waals surface area contributed by atoms with Gasteiger partial charge in [-0.3, -0.25) is 0 Å². The highest BCUT2D eigenvalue weighted by Crippen LogP contribution is 2.21. The number of carbonyl (C=O) groups is 1. The molecule has 1 aliphatic carbocycles. The smallest absolute Gasteiger partial charge is 0.315 e. The molecule has 1 saturated carbocycles. The van der Waals surface area contributed by atoms with E-state index in [2.05, 4.69) is 10.6 Å². The molecule has 2 rings (SSSR count). The lowest BCUT2D eigenvalue weighted by Gasteiger charge is -2.31. The van der Waals surface area contributed by atoms with Crippen molar-refractivity contribution >= 4 is 17.6 Å². The molecule has 6 heteroatoms. The van der Waals surface area contributed by atoms with E-state index in [1.807, 2.05) is 0 Å². The number of ether oxygens (including phenoxy) is 1. The van der Waals surface area contributed by atoms with E-state index in [9.17, 15) is 9.90 Å². The zero-order valence-corrected chi connectivity index (χ0v) is 13.5. The molecule has 122 valence electrons. The largest absolute Gasteiger partial charge is 0.394 e. The normalized spacial score (nSPS) is 22.9. The lowest BCUT2D eigenvalue weighted by atomic mass is 9.92. The van der Waals surface area contributed by atoms with Crippen LogP contribution in [0.3, 0.4) is 0 Å². The summed E-state index contributed by atoms with van der Waals surface area (Å²) in [4.78, 5) is 12.2. The number of methoxy groups -OCH3 is 1. The summed E-state index contributed by atoms with van der Waals surface area (Å²) in [5, 5.41) is 15.9. The van der Waals surface area contributed by atoms with Crippen LogP contribution in [0.4, 0.5) is 4.79 Å². The van der Waals surface area contributed by atoms with Crippen LogP contribution < -0.4 is 10.6 Å². The molecule has 1 aliphatic rings. The molecule has 0 heterocycles. The van der Waals surface area contributed by atoms with E-state index in [1.165, 1.54) is 0 Å². The molecule has 1 fully saturated rings. The highest BCUT2D eigenvalue weighted by molar-refractivity contribution is 6.30. The number of hydrogen-bond donors (Lipinski definition) is 3. The summed E-state index contributed by atoms with van der Waals surface area (Å²) < 4.78 is 5.43. The summed E-state index contributed by atoms with van der Waals surface area (Å²) in [6.45, 7) is -0.173. The van der Waals surface area contributed by atoms with Gasteiger partial charge in [0.1, 0.15) is 0 Å². The Labute approximate surface area is 136 Å². The number of urea groups is 1. The van der Waals surface area contributed by atoms with E-state index in [1.54, 1.807) is 31.4 Å². The third kappa shape index (κ3) is 4.60. The Bertz CT molecular complexity index is 481. The van der Waals surface area contributed by atoms with Gasteiger partial charge in [0, 0.05) is 12.1 Å². The van der Waals surface area contributed by atoms with Gasteiger partial charge >= 0.3 is 6.03 Å². The van der Waals surface area contributed by atoms with Crippen LogP contribution in [0.2, 0.25) is 5.02 Å². The van der Waals surface area contributed by atoms with E-state index >= 15 is 0 Å². The molecule has 0 aliphatic heterocycles. The average molecular weight is 327 g/mol. The molecule has 1 aromatic carbocycles. The highest BCUT2D eigenvalue weighted by atomic mass is 35.5. The van der Waals surface area contributed by atoms with Gasteiger partial charge in [-0.05, 0) is 30.5 Å². The number of benzene rings is 1. The molecule has 3 unspecified atom stereocenters. The van der Waals surface area contributed by atoms with Gasteiger partial charge in [-0.1, -0.05) is 36.6 Å². The van der Waals surface area contributed by atoms with Crippen LogP contribution in [0, 0.1) is 0 Å². The Morgan fingerprint density at radius 3 is 2.68 bits per heavy atom. The SMILES string of the molecule is COC1CCCCC1NC(=O)NC(CO)c1ccc(Cl)cc1. The Hall–Kier alpha value is -1.30. The van der Waals surface area contributed by atoms with Crippen LogP contribution >= 0.6 is 11.6 Å². The summed E-state index contributed by atoms with van der Waals surface area (Å²) in [5.74, 6) is 0. The fourth-order valence-electron chi connectivity index (χ4n) is 2.84. The second-order valence-electron chi connectivity index (χ2n) is 5.57. The van der Waals surface area contributed by atoms with Gasteiger partial charge in [0.2, 0.25) is 0 Å². The first kappa shape index (κ1) is 17.1. The van der Waals surface area contributed by atoms with E-state index in [0.717, 1.165) is 31.2 Å². The number of amides is 2. The molecule has 3 N–H and O–H groups in total. The maximum absolute atomic E-state index is 12.2. The van der Waals surface area contributed by atoms with Gasteiger partial charge < -0.3 is 20.5 Å². The van der Waals surface area contributed by atoms with Crippen molar-refractivity contribution < 1.29 is 14.6 Å². The number of hydrogen-bond acceptors (Lipinski definition) is 3. The molecule has 0 radical (unpaired) electrons. The first-order valence-electron chi connectivity index (χ1n) is 7.60. The second-order valence-corrected chi connectivity index (χ2v) is 6.01. The zero-order chi connectivity index (χ0) is 15.9. The average Bonchev–Trinajstić information content (AvgIpc) is 2.54. The molecule has 1 aromatic rings. The van der Waals surface area contributed by atoms with Gasteiger partial charge in [0.25, 0.3) is 0 Å². The number of aliphatic hydroxyl groups is 1. The van der Waals surface area contributed by atoms with Gasteiger partial charge in [0.15, 0.2) is 0 Å². The zero-order valence-electron chi connectivity index (χ0n) is 12.7. The summed E-state index contributed by atoms with van der Waals surface area (Å²) in [6.07, 6.45) is 4.15. The molecule has 22 heavy (non-hydrogen) atoms. The molecule has 0 aromatic heterocycles. The molecule has 0 spiro atoms. The summed E-state index contributed by atoms with van der Waals surface area (Å²) >= 11 is 5.85. The fourth-order valence-corrected chi connectivity index (χ4v) is 2.97. The molecule has 0 saturated heterocycles. The van der Waals surface area contributed by atoms with Crippen molar-refractivity contribution in [2.45, 2.75) is 43.9 Å². The van der Waals surface area contributed by atoms with Crippen molar-refractivity contribution in [1.82, 2.24) is 10.6 Å². The maximum atomic E-state index is 12.2. The van der Waals surface area contributed by atoms with Crippen LogP contribution in [-0.4, -0.2) is 37.0 Å². The molecule has 3 atom stereocenters. The van der Waals surface area contributed by atoms with E-state index < -0.39 is 6.04 Å². The number of carbonyl (C=O) groups excluding carboxylic acids is 1. The highest BCUT2D eigenvalue weighted by Gasteiger charge is 2.26. The van der Waals surface area contributed by atoms with Crippen molar-refractivity contribution in [3.05, 3.63) is 34.9 Å². The van der Waals surface area contributed by atoms with Crippen LogP contribution in [0.25, 0.3) is 0 Å². The van der Waals surface area contributed by atoms with Gasteiger partial charge in [0.05, 0.1) is 24.8 Å². The van der Waals surface area contributed by atoms with Crippen molar-refractivity contribution in [1.29, 1.82) is 0 Å². The third-order valence-corrected chi connectivity index (χ3v) is 4.33.